The molecule has 1 aromatic rings. The van der Waals surface area contributed by atoms with Crippen molar-refractivity contribution in [1.82, 2.24) is 4.90 Å². The number of carbonyl (C=O) groups is 1. The summed E-state index contributed by atoms with van der Waals surface area (Å²) in [5, 5.41) is 13.4. The minimum atomic E-state index is -4.73. The van der Waals surface area contributed by atoms with E-state index < -0.39 is 34.5 Å². The number of nitrogens with one attached hydrogen (secondary N) is 1. The van der Waals surface area contributed by atoms with E-state index in [0.29, 0.717) is 25.5 Å². The molecule has 1 heterocycles. The highest BCUT2D eigenvalue weighted by Crippen LogP contribution is 2.37. The predicted molar refractivity (Wildman–Crippen MR) is 78.7 cm³/mol. The smallest absolute Gasteiger partial charge is 0.418 e. The van der Waals surface area contributed by atoms with Gasteiger partial charge >= 0.3 is 12.3 Å². The third-order valence-electron chi connectivity index (χ3n) is 3.73. The van der Waals surface area contributed by atoms with Gasteiger partial charge in [-0.15, -0.1) is 0 Å². The van der Waals surface area contributed by atoms with Gasteiger partial charge < -0.3 is 15.0 Å². The monoisotopic (exact) mass is 347 g/mol. The van der Waals surface area contributed by atoms with E-state index >= 15 is 0 Å². The Morgan fingerprint density at radius 3 is 2.75 bits per heavy atom. The number of benzene rings is 1. The molecule has 0 saturated carbocycles. The Balaban J connectivity index is 2.22. The van der Waals surface area contributed by atoms with E-state index in [1.165, 1.54) is 12.0 Å². The first kappa shape index (κ1) is 17.8. The minimum Gasteiger partial charge on any atom is -0.453 e. The standard InChI is InChI=1S/C14H16F3N3O4/c1-24-13(21)19-6-2-3-9(8-19)18-12-5-4-10(20(22)23)7-11(12)14(15,16)17/h4-5,7,9,18H,2-3,6,8H2,1H3. The van der Waals surface area contributed by atoms with E-state index in [1.807, 2.05) is 0 Å². The largest absolute Gasteiger partial charge is 0.453 e. The molecule has 1 unspecified atom stereocenters. The van der Waals surface area contributed by atoms with Crippen LogP contribution < -0.4 is 5.32 Å². The van der Waals surface area contributed by atoms with E-state index in [1.54, 1.807) is 0 Å². The number of rotatable bonds is 3. The minimum absolute atomic E-state index is 0.195. The van der Waals surface area contributed by atoms with Crippen molar-refractivity contribution in [2.45, 2.75) is 25.1 Å². The van der Waals surface area contributed by atoms with E-state index in [9.17, 15) is 28.1 Å². The Kier molecular flexibility index (Phi) is 5.15. The molecule has 0 spiro atoms. The summed E-state index contributed by atoms with van der Waals surface area (Å²) in [6.07, 6.45) is -4.09. The maximum absolute atomic E-state index is 13.2. The summed E-state index contributed by atoms with van der Waals surface area (Å²) in [5.41, 5.74) is -1.98. The van der Waals surface area contributed by atoms with Gasteiger partial charge in [0.25, 0.3) is 5.69 Å². The molecule has 1 atom stereocenters. The summed E-state index contributed by atoms with van der Waals surface area (Å²) < 4.78 is 44.1. The maximum Gasteiger partial charge on any atom is 0.418 e. The second-order valence-electron chi connectivity index (χ2n) is 5.38. The van der Waals surface area contributed by atoms with Gasteiger partial charge in [0.05, 0.1) is 17.6 Å². The zero-order valence-electron chi connectivity index (χ0n) is 12.8. The van der Waals surface area contributed by atoms with Crippen LogP contribution in [0.1, 0.15) is 18.4 Å². The summed E-state index contributed by atoms with van der Waals surface area (Å²) in [5.74, 6) is 0. The number of likely N-dealkylation sites (tertiary alicyclic amines) is 1. The van der Waals surface area contributed by atoms with Gasteiger partial charge in [-0.25, -0.2) is 4.79 Å². The summed E-state index contributed by atoms with van der Waals surface area (Å²) in [4.78, 5) is 22.8. The van der Waals surface area contributed by atoms with Crippen LogP contribution in [0, 0.1) is 10.1 Å². The van der Waals surface area contributed by atoms with Gasteiger partial charge in [-0.3, -0.25) is 10.1 Å². The summed E-state index contributed by atoms with van der Waals surface area (Å²) >= 11 is 0. The fraction of sp³-hybridized carbons (Fsp3) is 0.500. The lowest BCUT2D eigenvalue weighted by Gasteiger charge is -2.33. The highest BCUT2D eigenvalue weighted by molar-refractivity contribution is 5.67. The van der Waals surface area contributed by atoms with Crippen LogP contribution in [-0.4, -0.2) is 42.2 Å². The van der Waals surface area contributed by atoms with Crippen LogP contribution in [0.2, 0.25) is 0 Å². The SMILES string of the molecule is COC(=O)N1CCCC(Nc2ccc([N+](=O)[O-])cc2C(F)(F)F)C1. The number of carbonyl (C=O) groups excluding carboxylic acids is 1. The molecule has 10 heteroatoms. The van der Waals surface area contributed by atoms with Crippen molar-refractivity contribution in [3.05, 3.63) is 33.9 Å². The number of ether oxygens (including phenoxy) is 1. The number of hydrogen-bond acceptors (Lipinski definition) is 5. The number of nitrogens with zero attached hydrogens (tertiary/aromatic N) is 2. The zero-order valence-corrected chi connectivity index (χ0v) is 12.8. The van der Waals surface area contributed by atoms with Crippen LogP contribution in [-0.2, 0) is 10.9 Å². The first-order chi connectivity index (χ1) is 11.2. The van der Waals surface area contributed by atoms with Crippen LogP contribution in [0.4, 0.5) is 29.3 Å². The number of non-ortho nitro benzene ring substituents is 1. The van der Waals surface area contributed by atoms with Gasteiger partial charge in [-0.05, 0) is 18.9 Å². The topological polar surface area (TPSA) is 84.7 Å². The molecule has 0 aromatic heterocycles. The van der Waals surface area contributed by atoms with E-state index in [2.05, 4.69) is 10.1 Å². The number of nitro benzene ring substituents is 1. The van der Waals surface area contributed by atoms with Gasteiger partial charge in [0.15, 0.2) is 0 Å². The molecule has 1 saturated heterocycles. The molecule has 1 aliphatic heterocycles. The fourth-order valence-corrected chi connectivity index (χ4v) is 2.62. The molecule has 1 N–H and O–H groups in total. The quantitative estimate of drug-likeness (QED) is 0.670. The molecule has 0 aliphatic carbocycles. The van der Waals surface area contributed by atoms with Gasteiger partial charge in [0.2, 0.25) is 0 Å². The van der Waals surface area contributed by atoms with Gasteiger partial charge in [0.1, 0.15) is 0 Å². The number of methoxy groups -OCH3 is 1. The van der Waals surface area contributed by atoms with Crippen molar-refractivity contribution < 1.29 is 27.6 Å². The Morgan fingerprint density at radius 1 is 1.46 bits per heavy atom. The summed E-state index contributed by atoms with van der Waals surface area (Å²) in [6, 6.07) is 2.15. The lowest BCUT2D eigenvalue weighted by molar-refractivity contribution is -0.385. The molecule has 2 rings (SSSR count). The molecule has 0 radical (unpaired) electrons. The van der Waals surface area contributed by atoms with E-state index in [4.69, 9.17) is 0 Å². The third kappa shape index (κ3) is 4.06. The van der Waals surface area contributed by atoms with Crippen molar-refractivity contribution in [2.24, 2.45) is 0 Å². The molecule has 7 nitrogen and oxygen atoms in total. The van der Waals surface area contributed by atoms with Gasteiger partial charge in [0, 0.05) is 37.0 Å². The highest BCUT2D eigenvalue weighted by Gasteiger charge is 2.36. The second kappa shape index (κ2) is 6.93. The number of amides is 1. The number of nitro groups is 1. The highest BCUT2D eigenvalue weighted by atomic mass is 19.4. The first-order valence-electron chi connectivity index (χ1n) is 7.17. The average Bonchev–Trinajstić information content (AvgIpc) is 2.53. The van der Waals surface area contributed by atoms with E-state index in [0.717, 1.165) is 12.1 Å². The fourth-order valence-electron chi connectivity index (χ4n) is 2.62. The first-order valence-corrected chi connectivity index (χ1v) is 7.17. The Morgan fingerprint density at radius 2 is 2.17 bits per heavy atom. The number of anilines is 1. The molecule has 1 aromatic carbocycles. The van der Waals surface area contributed by atoms with Gasteiger partial charge in [-0.2, -0.15) is 13.2 Å². The summed E-state index contributed by atoms with van der Waals surface area (Å²) in [6.45, 7) is 0.665. The lowest BCUT2D eigenvalue weighted by Crippen LogP contribution is -2.45. The van der Waals surface area contributed by atoms with Crippen molar-refractivity contribution in [3.63, 3.8) is 0 Å². The van der Waals surface area contributed by atoms with Crippen molar-refractivity contribution in [1.29, 1.82) is 0 Å². The van der Waals surface area contributed by atoms with E-state index in [-0.39, 0.29) is 12.2 Å². The average molecular weight is 347 g/mol. The van der Waals surface area contributed by atoms with Crippen LogP contribution in [0.25, 0.3) is 0 Å². The van der Waals surface area contributed by atoms with Crippen LogP contribution in [0.3, 0.4) is 0 Å². The predicted octanol–water partition coefficient (Wildman–Crippen LogP) is 3.26. The zero-order chi connectivity index (χ0) is 17.9. The number of alkyl halides is 3. The Bertz CT molecular complexity index is 636. The second-order valence-corrected chi connectivity index (χ2v) is 5.38. The third-order valence-corrected chi connectivity index (χ3v) is 3.73. The lowest BCUT2D eigenvalue weighted by atomic mass is 10.0. The Hall–Kier alpha value is -2.52. The molecule has 1 aliphatic rings. The number of halogens is 3. The number of hydrogen-bond donors (Lipinski definition) is 1. The maximum atomic E-state index is 13.2. The van der Waals surface area contributed by atoms with Crippen LogP contribution >= 0.6 is 0 Å². The van der Waals surface area contributed by atoms with Crippen molar-refractivity contribution in [2.75, 3.05) is 25.5 Å². The molecule has 132 valence electrons. The van der Waals surface area contributed by atoms with Gasteiger partial charge in [-0.1, -0.05) is 0 Å². The Labute approximate surface area is 135 Å². The molecule has 0 bridgehead atoms. The van der Waals surface area contributed by atoms with Crippen LogP contribution in [0.15, 0.2) is 18.2 Å². The van der Waals surface area contributed by atoms with Crippen molar-refractivity contribution in [3.8, 4) is 0 Å². The van der Waals surface area contributed by atoms with Crippen LogP contribution in [0.5, 0.6) is 0 Å². The summed E-state index contributed by atoms with van der Waals surface area (Å²) in [7, 11) is 1.23. The molecule has 1 amide bonds. The molecular formula is C14H16F3N3O4. The number of piperidine rings is 1. The molecule has 24 heavy (non-hydrogen) atoms. The molecule has 1 fully saturated rings. The van der Waals surface area contributed by atoms with Crippen molar-refractivity contribution >= 4 is 17.5 Å². The normalized spacial score (nSPS) is 18.2. The molecular weight excluding hydrogens is 331 g/mol.